The number of rotatable bonds is 40. The van der Waals surface area contributed by atoms with Crippen molar-refractivity contribution in [3.8, 4) is 0 Å². The normalized spacial score (nSPS) is 20.0. The molecule has 0 amide bonds. The molecule has 2 heterocycles. The Kier molecular flexibility index (Phi) is 32.4. The Balaban J connectivity index is 1.85. The number of ether oxygens (including phenoxy) is 3. The molecule has 0 bridgehead atoms. The van der Waals surface area contributed by atoms with Crippen LogP contribution in [0.3, 0.4) is 0 Å². The summed E-state index contributed by atoms with van der Waals surface area (Å²) < 4.78 is 56.6. The standard InChI is InChI=1S/C49H81N3O16P2/c1-4-6-24-30-40(53)31-26-21-17-13-8-7-9-15-19-23-28-33-45(55)66-41(36-63-44(54)32-27-22-18-14-11-10-12-16-20-25-29-39(3)5-2)37-64-69(59,60)68-70(61,62)65-38-42-46(56)47(57)48(67-42)52-35-34-43(50)51-49(52)58/h7-8,15,17,19,21,26,31,34-35,39,41-42,46-48,56-57H,4-6,9-14,16,18,20,22-25,27-30,32-33,36-38H2,1-3H3,(H,59,60)(H,61,62)(H2,50,51,58)/b8-7-,19-15-,21-17-,31-26+/t39?,41-,42-,46-,47-,48-/m1/s1. The summed E-state index contributed by atoms with van der Waals surface area (Å²) in [6.45, 7) is 4.24. The Bertz CT molecular complexity index is 1940. The summed E-state index contributed by atoms with van der Waals surface area (Å²) >= 11 is 0. The molecule has 0 saturated carbocycles. The van der Waals surface area contributed by atoms with Crippen LogP contribution in [0.1, 0.15) is 168 Å². The van der Waals surface area contributed by atoms with Crippen LogP contribution < -0.4 is 11.4 Å². The lowest BCUT2D eigenvalue weighted by Crippen LogP contribution is -2.36. The molecule has 398 valence electrons. The Labute approximate surface area is 414 Å². The maximum atomic E-state index is 12.8. The van der Waals surface area contributed by atoms with Gasteiger partial charge in [-0.2, -0.15) is 9.29 Å². The number of anilines is 1. The van der Waals surface area contributed by atoms with Crippen LogP contribution in [-0.2, 0) is 51.1 Å². The molecule has 1 aliphatic rings. The number of nitrogens with zero attached hydrogens (tertiary/aromatic N) is 2. The van der Waals surface area contributed by atoms with E-state index in [2.05, 4.69) is 30.1 Å². The molecule has 19 nitrogen and oxygen atoms in total. The van der Waals surface area contributed by atoms with Gasteiger partial charge in [0, 0.05) is 25.5 Å². The SMILES string of the molecule is CCCCCC(=O)/C=C/C=C\C/C=C\C/C=C\CCCC(=O)O[C@H](COC(=O)CCCCCCCCCCCCC(C)CC)COP(=O)(O)OP(=O)(O)OC[C@H]1O[C@@H](n2ccc(N)nc2=O)[C@H](O)[C@@H]1O. The zero-order valence-corrected chi connectivity index (χ0v) is 43.3. The minimum absolute atomic E-state index is 0.0522. The number of phosphoric ester groups is 2. The molecule has 3 unspecified atom stereocenters. The van der Waals surface area contributed by atoms with Gasteiger partial charge in [-0.1, -0.05) is 147 Å². The lowest BCUT2D eigenvalue weighted by Gasteiger charge is -2.21. The van der Waals surface area contributed by atoms with E-state index in [0.29, 0.717) is 38.5 Å². The third-order valence-corrected chi connectivity index (χ3v) is 14.0. The number of aliphatic hydroxyl groups is 2. The minimum atomic E-state index is -5.45. The molecule has 1 aromatic heterocycles. The van der Waals surface area contributed by atoms with E-state index in [-0.39, 0.29) is 24.4 Å². The zero-order chi connectivity index (χ0) is 51.6. The predicted molar refractivity (Wildman–Crippen MR) is 266 cm³/mol. The summed E-state index contributed by atoms with van der Waals surface area (Å²) in [5.41, 5.74) is 4.57. The van der Waals surface area contributed by atoms with Gasteiger partial charge in [0.15, 0.2) is 18.1 Å². The second-order valence-corrected chi connectivity index (χ2v) is 20.6. The van der Waals surface area contributed by atoms with Crippen LogP contribution in [0.15, 0.2) is 65.7 Å². The number of nitrogen functional groups attached to an aromatic ring is 1. The average Bonchev–Trinajstić information content (AvgIpc) is 3.59. The van der Waals surface area contributed by atoms with E-state index in [0.717, 1.165) is 61.6 Å². The molecular formula is C49H81N3O16P2. The van der Waals surface area contributed by atoms with Gasteiger partial charge in [-0.15, -0.1) is 0 Å². The Hall–Kier alpha value is -3.61. The van der Waals surface area contributed by atoms with E-state index in [4.69, 9.17) is 29.0 Å². The quantitative estimate of drug-likeness (QED) is 0.0102. The number of hydrogen-bond donors (Lipinski definition) is 5. The number of hydrogen-bond acceptors (Lipinski definition) is 16. The van der Waals surface area contributed by atoms with Crippen molar-refractivity contribution in [2.75, 3.05) is 25.6 Å². The molecule has 1 aliphatic heterocycles. The van der Waals surface area contributed by atoms with Crippen molar-refractivity contribution in [1.82, 2.24) is 9.55 Å². The molecule has 0 radical (unpaired) electrons. The maximum Gasteiger partial charge on any atom is 0.481 e. The van der Waals surface area contributed by atoms with Crippen LogP contribution in [0.4, 0.5) is 5.82 Å². The fraction of sp³-hybridized carbons (Fsp3) is 0.694. The van der Waals surface area contributed by atoms with Crippen LogP contribution in [0.2, 0.25) is 0 Å². The van der Waals surface area contributed by atoms with Crippen molar-refractivity contribution < 1.29 is 71.1 Å². The van der Waals surface area contributed by atoms with Gasteiger partial charge in [0.05, 0.1) is 13.2 Å². The molecule has 1 fully saturated rings. The molecule has 0 aromatic carbocycles. The van der Waals surface area contributed by atoms with Gasteiger partial charge >= 0.3 is 33.3 Å². The van der Waals surface area contributed by atoms with Gasteiger partial charge < -0.3 is 39.9 Å². The van der Waals surface area contributed by atoms with Crippen molar-refractivity contribution in [3.05, 3.63) is 71.4 Å². The number of esters is 2. The summed E-state index contributed by atoms with van der Waals surface area (Å²) in [5, 5.41) is 20.9. The van der Waals surface area contributed by atoms with E-state index in [1.54, 1.807) is 12.2 Å². The van der Waals surface area contributed by atoms with Gasteiger partial charge in [-0.05, 0) is 56.6 Å². The number of unbranched alkanes of at least 4 members (excludes halogenated alkanes) is 12. The van der Waals surface area contributed by atoms with Crippen LogP contribution in [-0.4, -0.2) is 91.5 Å². The topological polar surface area (TPSA) is 283 Å². The first kappa shape index (κ1) is 62.5. The van der Waals surface area contributed by atoms with Gasteiger partial charge in [0.1, 0.15) is 30.7 Å². The number of ketones is 1. The molecule has 1 aromatic rings. The van der Waals surface area contributed by atoms with Crippen LogP contribution in [0.25, 0.3) is 0 Å². The van der Waals surface area contributed by atoms with E-state index >= 15 is 0 Å². The molecule has 2 rings (SSSR count). The monoisotopic (exact) mass is 1030 g/mol. The Morgan fingerprint density at radius 1 is 0.786 bits per heavy atom. The average molecular weight is 1030 g/mol. The van der Waals surface area contributed by atoms with E-state index < -0.39 is 83.7 Å². The number of allylic oxidation sites excluding steroid dienone is 8. The second kappa shape index (κ2) is 36.3. The highest BCUT2D eigenvalue weighted by molar-refractivity contribution is 7.61. The second-order valence-electron chi connectivity index (χ2n) is 17.6. The zero-order valence-electron chi connectivity index (χ0n) is 41.5. The van der Waals surface area contributed by atoms with Crippen molar-refractivity contribution in [1.29, 1.82) is 0 Å². The first-order chi connectivity index (χ1) is 33.5. The maximum absolute atomic E-state index is 12.8. The highest BCUT2D eigenvalue weighted by Crippen LogP contribution is 2.60. The van der Waals surface area contributed by atoms with Crippen molar-refractivity contribution in [3.63, 3.8) is 0 Å². The van der Waals surface area contributed by atoms with Crippen LogP contribution in [0.5, 0.6) is 0 Å². The highest BCUT2D eigenvalue weighted by Gasteiger charge is 2.46. The lowest BCUT2D eigenvalue weighted by atomic mass is 9.99. The summed E-state index contributed by atoms with van der Waals surface area (Å²) in [6, 6.07) is 1.24. The summed E-state index contributed by atoms with van der Waals surface area (Å²) in [5.74, 6) is -0.480. The number of nitrogens with two attached hydrogens (primary N) is 1. The lowest BCUT2D eigenvalue weighted by molar-refractivity contribution is -0.161. The minimum Gasteiger partial charge on any atom is -0.462 e. The Morgan fingerprint density at radius 2 is 1.40 bits per heavy atom. The predicted octanol–water partition coefficient (Wildman–Crippen LogP) is 9.20. The smallest absolute Gasteiger partial charge is 0.462 e. The summed E-state index contributed by atoms with van der Waals surface area (Å²) in [6.07, 6.45) is 27.6. The molecule has 21 heteroatoms. The largest absolute Gasteiger partial charge is 0.481 e. The molecule has 1 saturated heterocycles. The van der Waals surface area contributed by atoms with E-state index in [1.807, 2.05) is 36.5 Å². The van der Waals surface area contributed by atoms with Crippen molar-refractivity contribution >= 4 is 39.2 Å². The number of aliphatic hydroxyl groups excluding tert-OH is 2. The Morgan fingerprint density at radius 3 is 2.07 bits per heavy atom. The molecule has 8 atom stereocenters. The summed E-state index contributed by atoms with van der Waals surface area (Å²) in [7, 11) is -10.9. The van der Waals surface area contributed by atoms with Gasteiger partial charge in [-0.25, -0.2) is 13.9 Å². The summed E-state index contributed by atoms with van der Waals surface area (Å²) in [4.78, 5) is 73.6. The fourth-order valence-corrected chi connectivity index (χ4v) is 9.23. The molecule has 0 spiro atoms. The number of phosphoric acid groups is 2. The third-order valence-electron chi connectivity index (χ3n) is 11.4. The first-order valence-electron chi connectivity index (χ1n) is 25.0. The van der Waals surface area contributed by atoms with Gasteiger partial charge in [-0.3, -0.25) is 28.0 Å². The van der Waals surface area contributed by atoms with E-state index in [1.165, 1.54) is 51.0 Å². The molecule has 70 heavy (non-hydrogen) atoms. The van der Waals surface area contributed by atoms with Gasteiger partial charge in [0.2, 0.25) is 0 Å². The van der Waals surface area contributed by atoms with Gasteiger partial charge in [0.25, 0.3) is 0 Å². The molecule has 6 N–H and O–H groups in total. The fourth-order valence-electron chi connectivity index (χ4n) is 7.12. The third kappa shape index (κ3) is 29.0. The van der Waals surface area contributed by atoms with Crippen molar-refractivity contribution in [2.45, 2.75) is 193 Å². The first-order valence-corrected chi connectivity index (χ1v) is 28.0. The molecule has 0 aliphatic carbocycles. The van der Waals surface area contributed by atoms with Crippen LogP contribution in [0, 0.1) is 5.92 Å². The highest BCUT2D eigenvalue weighted by atomic mass is 31.3. The molecular weight excluding hydrogens is 948 g/mol. The van der Waals surface area contributed by atoms with E-state index in [9.17, 15) is 48.3 Å². The number of aromatic nitrogens is 2. The van der Waals surface area contributed by atoms with Crippen molar-refractivity contribution in [2.24, 2.45) is 5.92 Å². The van der Waals surface area contributed by atoms with Crippen LogP contribution >= 0.6 is 15.6 Å². The number of carbonyl (C=O) groups excluding carboxylic acids is 3. The number of carbonyl (C=O) groups is 3.